The van der Waals surface area contributed by atoms with Gasteiger partial charge in [-0.2, -0.15) is 13.2 Å². The third kappa shape index (κ3) is 8.36. The van der Waals surface area contributed by atoms with Crippen LogP contribution in [0.3, 0.4) is 0 Å². The van der Waals surface area contributed by atoms with Crippen molar-refractivity contribution in [2.45, 2.75) is 69.3 Å². The number of halogens is 4. The van der Waals surface area contributed by atoms with E-state index in [1.807, 2.05) is 13.8 Å². The summed E-state index contributed by atoms with van der Waals surface area (Å²) < 4.78 is 50.8. The highest BCUT2D eigenvalue weighted by atomic mass is 127. The molecule has 0 amide bonds. The highest BCUT2D eigenvalue weighted by Crippen LogP contribution is 2.31. The molecule has 2 rings (SSSR count). The largest absolute Gasteiger partial charge is 0.416 e. The first-order chi connectivity index (χ1) is 13.7. The Balaban J connectivity index is 0.00000450. The Labute approximate surface area is 197 Å². The van der Waals surface area contributed by atoms with Gasteiger partial charge in [-0.3, -0.25) is 9.20 Å². The maximum absolute atomic E-state index is 12.9. The zero-order valence-corrected chi connectivity index (χ0v) is 20.9. The van der Waals surface area contributed by atoms with E-state index >= 15 is 0 Å². The Morgan fingerprint density at radius 2 is 2.07 bits per heavy atom. The first kappa shape index (κ1) is 27.2. The molecule has 0 radical (unpaired) electrons. The van der Waals surface area contributed by atoms with Crippen molar-refractivity contribution < 1.29 is 17.4 Å². The fraction of sp³-hybridized carbons (Fsp3) is 0.667. The SMILES string of the molecule is CCS(=O)C1CCCC(NC(=NC)NCCC(C)c2cccc(C(F)(F)F)c2)C1.I. The molecule has 4 atom stereocenters. The van der Waals surface area contributed by atoms with Crippen LogP contribution in [0, 0.1) is 0 Å². The van der Waals surface area contributed by atoms with E-state index in [9.17, 15) is 17.4 Å². The first-order valence-corrected chi connectivity index (χ1v) is 11.6. The summed E-state index contributed by atoms with van der Waals surface area (Å²) in [5.74, 6) is 1.38. The van der Waals surface area contributed by atoms with Crippen LogP contribution in [0.4, 0.5) is 13.2 Å². The third-order valence-corrected chi connectivity index (χ3v) is 7.24. The van der Waals surface area contributed by atoms with E-state index in [1.165, 1.54) is 12.1 Å². The van der Waals surface area contributed by atoms with Gasteiger partial charge in [-0.1, -0.05) is 38.5 Å². The molecule has 30 heavy (non-hydrogen) atoms. The van der Waals surface area contributed by atoms with E-state index in [2.05, 4.69) is 15.6 Å². The van der Waals surface area contributed by atoms with Crippen molar-refractivity contribution in [1.82, 2.24) is 10.6 Å². The van der Waals surface area contributed by atoms with Gasteiger partial charge in [-0.05, 0) is 43.2 Å². The molecule has 1 aliphatic carbocycles. The summed E-state index contributed by atoms with van der Waals surface area (Å²) in [4.78, 5) is 4.26. The highest BCUT2D eigenvalue weighted by molar-refractivity contribution is 14.0. The van der Waals surface area contributed by atoms with Crippen molar-refractivity contribution in [2.75, 3.05) is 19.3 Å². The van der Waals surface area contributed by atoms with Gasteiger partial charge in [0, 0.05) is 41.4 Å². The number of hydrogen-bond donors (Lipinski definition) is 2. The van der Waals surface area contributed by atoms with Gasteiger partial charge < -0.3 is 10.6 Å². The van der Waals surface area contributed by atoms with Gasteiger partial charge >= 0.3 is 6.18 Å². The highest BCUT2D eigenvalue weighted by Gasteiger charge is 2.30. The fourth-order valence-electron chi connectivity index (χ4n) is 3.73. The summed E-state index contributed by atoms with van der Waals surface area (Å²) in [7, 11) is 0.932. The van der Waals surface area contributed by atoms with Gasteiger partial charge in [0.2, 0.25) is 0 Å². The Bertz CT molecular complexity index is 715. The molecule has 2 N–H and O–H groups in total. The third-order valence-electron chi connectivity index (χ3n) is 5.50. The summed E-state index contributed by atoms with van der Waals surface area (Å²) >= 11 is 0. The van der Waals surface area contributed by atoms with Crippen LogP contribution in [0.25, 0.3) is 0 Å². The standard InChI is InChI=1S/C21H32F3N3OS.HI/c1-4-29(28)19-10-6-9-18(14-19)27-20(25-3)26-12-11-15(2)16-7-5-8-17(13-16)21(22,23)24;/h5,7-8,13,15,18-19H,4,6,9-12,14H2,1-3H3,(H2,25,26,27);1H. The average molecular weight is 559 g/mol. The molecular formula is C21H33F3IN3OS. The minimum atomic E-state index is -4.32. The van der Waals surface area contributed by atoms with Crippen molar-refractivity contribution in [2.24, 2.45) is 4.99 Å². The molecule has 9 heteroatoms. The lowest BCUT2D eigenvalue weighted by Crippen LogP contribution is -2.46. The zero-order valence-electron chi connectivity index (χ0n) is 17.8. The van der Waals surface area contributed by atoms with Crippen molar-refractivity contribution in [3.05, 3.63) is 35.4 Å². The molecule has 172 valence electrons. The van der Waals surface area contributed by atoms with Gasteiger partial charge in [0.1, 0.15) is 0 Å². The molecule has 0 heterocycles. The van der Waals surface area contributed by atoms with Crippen molar-refractivity contribution in [1.29, 1.82) is 0 Å². The second-order valence-electron chi connectivity index (χ2n) is 7.61. The topological polar surface area (TPSA) is 53.5 Å². The van der Waals surface area contributed by atoms with E-state index in [1.54, 1.807) is 13.1 Å². The summed E-state index contributed by atoms with van der Waals surface area (Å²) in [6.45, 7) is 4.49. The second kappa shape index (κ2) is 12.9. The van der Waals surface area contributed by atoms with E-state index in [0.29, 0.717) is 30.2 Å². The van der Waals surface area contributed by atoms with Gasteiger partial charge in [-0.15, -0.1) is 24.0 Å². The quantitative estimate of drug-likeness (QED) is 0.279. The number of benzene rings is 1. The number of nitrogens with one attached hydrogen (secondary N) is 2. The zero-order chi connectivity index (χ0) is 21.4. The molecule has 1 fully saturated rings. The number of rotatable bonds is 7. The van der Waals surface area contributed by atoms with E-state index in [0.717, 1.165) is 31.7 Å². The monoisotopic (exact) mass is 559 g/mol. The lowest BCUT2D eigenvalue weighted by atomic mass is 9.95. The maximum Gasteiger partial charge on any atom is 0.416 e. The van der Waals surface area contributed by atoms with E-state index < -0.39 is 22.5 Å². The number of guanidine groups is 1. The van der Waals surface area contributed by atoms with Crippen LogP contribution in [-0.2, 0) is 17.0 Å². The molecule has 0 spiro atoms. The van der Waals surface area contributed by atoms with Gasteiger partial charge in [0.15, 0.2) is 5.96 Å². The molecule has 0 bridgehead atoms. The van der Waals surface area contributed by atoms with E-state index in [4.69, 9.17) is 0 Å². The lowest BCUT2D eigenvalue weighted by molar-refractivity contribution is -0.137. The van der Waals surface area contributed by atoms with Gasteiger partial charge in [-0.25, -0.2) is 0 Å². The number of nitrogens with zero attached hydrogens (tertiary/aromatic N) is 1. The first-order valence-electron chi connectivity index (χ1n) is 10.3. The molecule has 1 aromatic carbocycles. The van der Waals surface area contributed by atoms with Gasteiger partial charge in [0.05, 0.1) is 5.56 Å². The molecular weight excluding hydrogens is 526 g/mol. The Morgan fingerprint density at radius 3 is 2.70 bits per heavy atom. The van der Waals surface area contributed by atoms with E-state index in [-0.39, 0.29) is 41.2 Å². The Hall–Kier alpha value is -0.840. The van der Waals surface area contributed by atoms with Crippen LogP contribution in [0.15, 0.2) is 29.3 Å². The van der Waals surface area contributed by atoms with Crippen molar-refractivity contribution >= 4 is 40.7 Å². The van der Waals surface area contributed by atoms with Crippen LogP contribution < -0.4 is 10.6 Å². The number of hydrogen-bond acceptors (Lipinski definition) is 2. The fourth-order valence-corrected chi connectivity index (χ4v) is 5.08. The van der Waals surface area contributed by atoms with Crippen LogP contribution >= 0.6 is 24.0 Å². The molecule has 1 aliphatic rings. The van der Waals surface area contributed by atoms with Gasteiger partial charge in [0.25, 0.3) is 0 Å². The maximum atomic E-state index is 12.9. The smallest absolute Gasteiger partial charge is 0.356 e. The number of alkyl halides is 3. The predicted octanol–water partition coefficient (Wildman–Crippen LogP) is 5.06. The summed E-state index contributed by atoms with van der Waals surface area (Å²) in [6, 6.07) is 5.78. The van der Waals surface area contributed by atoms with Crippen LogP contribution in [0.5, 0.6) is 0 Å². The van der Waals surface area contributed by atoms with Crippen LogP contribution in [0.2, 0.25) is 0 Å². The Morgan fingerprint density at radius 1 is 1.33 bits per heavy atom. The minimum Gasteiger partial charge on any atom is -0.356 e. The molecule has 0 aromatic heterocycles. The van der Waals surface area contributed by atoms with Crippen molar-refractivity contribution in [3.8, 4) is 0 Å². The molecule has 1 saturated carbocycles. The normalized spacial score (nSPS) is 22.0. The molecule has 4 nitrogen and oxygen atoms in total. The molecule has 1 aromatic rings. The molecule has 0 saturated heterocycles. The average Bonchev–Trinajstić information content (AvgIpc) is 2.72. The predicted molar refractivity (Wildman–Crippen MR) is 129 cm³/mol. The second-order valence-corrected chi connectivity index (χ2v) is 9.62. The summed E-state index contributed by atoms with van der Waals surface area (Å²) in [5, 5.41) is 6.91. The Kier molecular flexibility index (Phi) is 11.7. The van der Waals surface area contributed by atoms with Crippen molar-refractivity contribution in [3.63, 3.8) is 0 Å². The molecule has 0 aliphatic heterocycles. The molecule has 4 unspecified atom stereocenters. The van der Waals surface area contributed by atoms with Crippen LogP contribution in [0.1, 0.15) is 63.0 Å². The number of aliphatic imine (C=N–C) groups is 1. The van der Waals surface area contributed by atoms with Crippen LogP contribution in [-0.4, -0.2) is 40.8 Å². The lowest BCUT2D eigenvalue weighted by Gasteiger charge is -2.30. The summed E-state index contributed by atoms with van der Waals surface area (Å²) in [6.07, 6.45) is 0.339. The minimum absolute atomic E-state index is 0. The summed E-state index contributed by atoms with van der Waals surface area (Å²) in [5.41, 5.74) is 0.0744.